The van der Waals surface area contributed by atoms with Gasteiger partial charge in [-0.05, 0) is 13.3 Å². The summed E-state index contributed by atoms with van der Waals surface area (Å²) >= 11 is 1.04. The second-order valence-corrected chi connectivity index (χ2v) is 5.71. The van der Waals surface area contributed by atoms with Gasteiger partial charge in [-0.3, -0.25) is 9.59 Å². The van der Waals surface area contributed by atoms with E-state index in [-0.39, 0.29) is 24.0 Å². The van der Waals surface area contributed by atoms with Crippen LogP contribution in [-0.2, 0) is 11.3 Å². The molecule has 2 heterocycles. The standard InChI is InChI=1S/C11H15N3O4S/c1-11(8(15)16)2-3-14(6-11)9(17)12-4-7-5-19-10(18)13-7/h5H,2-4,6H2,1H3,(H,12,17)(H,13,18)(H,15,16). The van der Waals surface area contributed by atoms with Crippen molar-refractivity contribution in [2.45, 2.75) is 19.9 Å². The zero-order valence-corrected chi connectivity index (χ0v) is 11.2. The molecule has 1 unspecified atom stereocenters. The van der Waals surface area contributed by atoms with E-state index in [2.05, 4.69) is 10.3 Å². The Morgan fingerprint density at radius 1 is 1.63 bits per heavy atom. The maximum absolute atomic E-state index is 11.9. The van der Waals surface area contributed by atoms with E-state index in [9.17, 15) is 14.4 Å². The van der Waals surface area contributed by atoms with Crippen molar-refractivity contribution in [2.75, 3.05) is 13.1 Å². The monoisotopic (exact) mass is 285 g/mol. The Hall–Kier alpha value is -1.83. The van der Waals surface area contributed by atoms with E-state index in [0.717, 1.165) is 11.3 Å². The van der Waals surface area contributed by atoms with Gasteiger partial charge in [0.15, 0.2) is 0 Å². The Balaban J connectivity index is 1.88. The molecule has 0 spiro atoms. The molecule has 19 heavy (non-hydrogen) atoms. The number of aliphatic carboxylic acids is 1. The number of thiazole rings is 1. The fourth-order valence-corrected chi connectivity index (χ4v) is 2.57. The van der Waals surface area contributed by atoms with Gasteiger partial charge in [-0.2, -0.15) is 0 Å². The smallest absolute Gasteiger partial charge is 0.317 e. The van der Waals surface area contributed by atoms with Crippen LogP contribution in [0.25, 0.3) is 0 Å². The molecule has 2 rings (SSSR count). The van der Waals surface area contributed by atoms with Crippen molar-refractivity contribution < 1.29 is 14.7 Å². The summed E-state index contributed by atoms with van der Waals surface area (Å²) in [6.07, 6.45) is 0.449. The Morgan fingerprint density at radius 3 is 2.89 bits per heavy atom. The fourth-order valence-electron chi connectivity index (χ4n) is 1.99. The van der Waals surface area contributed by atoms with E-state index in [1.807, 2.05) is 0 Å². The van der Waals surface area contributed by atoms with E-state index in [1.54, 1.807) is 12.3 Å². The summed E-state index contributed by atoms with van der Waals surface area (Å²) in [4.78, 5) is 37.8. The van der Waals surface area contributed by atoms with E-state index in [4.69, 9.17) is 5.11 Å². The van der Waals surface area contributed by atoms with Crippen LogP contribution in [0.5, 0.6) is 0 Å². The molecular weight excluding hydrogens is 270 g/mol. The normalized spacial score (nSPS) is 22.5. The Labute approximate surface area is 113 Å². The predicted octanol–water partition coefficient (Wildman–Crippen LogP) is 0.443. The summed E-state index contributed by atoms with van der Waals surface area (Å²) in [7, 11) is 0. The van der Waals surface area contributed by atoms with Crippen LogP contribution in [0.3, 0.4) is 0 Å². The number of hydrogen-bond acceptors (Lipinski definition) is 4. The van der Waals surface area contributed by atoms with Gasteiger partial charge in [0.05, 0.1) is 12.0 Å². The van der Waals surface area contributed by atoms with Gasteiger partial charge in [0.2, 0.25) is 0 Å². The molecule has 1 aliphatic rings. The zero-order chi connectivity index (χ0) is 14.0. The van der Waals surface area contributed by atoms with Gasteiger partial charge in [0.25, 0.3) is 0 Å². The average Bonchev–Trinajstić information content (AvgIpc) is 2.94. The first-order chi connectivity index (χ1) is 8.90. The van der Waals surface area contributed by atoms with Crippen molar-refractivity contribution >= 4 is 23.3 Å². The lowest BCUT2D eigenvalue weighted by atomic mass is 9.90. The highest BCUT2D eigenvalue weighted by molar-refractivity contribution is 7.07. The van der Waals surface area contributed by atoms with Crippen LogP contribution in [-0.4, -0.2) is 40.1 Å². The maximum Gasteiger partial charge on any atom is 0.317 e. The van der Waals surface area contributed by atoms with Crippen molar-refractivity contribution in [1.82, 2.24) is 15.2 Å². The highest BCUT2D eigenvalue weighted by atomic mass is 32.1. The number of urea groups is 1. The summed E-state index contributed by atoms with van der Waals surface area (Å²) in [5.74, 6) is -0.884. The summed E-state index contributed by atoms with van der Waals surface area (Å²) in [5.41, 5.74) is -0.225. The van der Waals surface area contributed by atoms with Crippen LogP contribution in [0, 0.1) is 5.41 Å². The van der Waals surface area contributed by atoms with Crippen LogP contribution in [0.4, 0.5) is 4.79 Å². The fraction of sp³-hybridized carbons (Fsp3) is 0.545. The molecular formula is C11H15N3O4S. The number of rotatable bonds is 3. The molecule has 0 radical (unpaired) electrons. The Morgan fingerprint density at radius 2 is 2.37 bits per heavy atom. The van der Waals surface area contributed by atoms with Gasteiger partial charge < -0.3 is 20.3 Å². The molecule has 0 aliphatic carbocycles. The van der Waals surface area contributed by atoms with Crippen LogP contribution in [0.1, 0.15) is 19.0 Å². The number of nitrogens with one attached hydrogen (secondary N) is 2. The highest BCUT2D eigenvalue weighted by Gasteiger charge is 2.42. The lowest BCUT2D eigenvalue weighted by molar-refractivity contribution is -0.146. The topological polar surface area (TPSA) is 102 Å². The summed E-state index contributed by atoms with van der Waals surface area (Å²) in [6.45, 7) is 2.50. The lowest BCUT2D eigenvalue weighted by Gasteiger charge is -2.20. The third-order valence-electron chi connectivity index (χ3n) is 3.28. The third kappa shape index (κ3) is 2.95. The SMILES string of the molecule is CC1(C(=O)O)CCN(C(=O)NCc2csc(=O)[nH]2)C1. The van der Waals surface area contributed by atoms with Crippen LogP contribution >= 0.6 is 11.3 Å². The van der Waals surface area contributed by atoms with Gasteiger partial charge >= 0.3 is 16.9 Å². The molecule has 0 bridgehead atoms. The first-order valence-corrected chi connectivity index (χ1v) is 6.71. The highest BCUT2D eigenvalue weighted by Crippen LogP contribution is 2.29. The van der Waals surface area contributed by atoms with Crippen LogP contribution < -0.4 is 10.2 Å². The van der Waals surface area contributed by atoms with E-state index < -0.39 is 11.4 Å². The molecule has 1 atom stereocenters. The quantitative estimate of drug-likeness (QED) is 0.750. The molecule has 3 N–H and O–H groups in total. The Bertz CT molecular complexity index is 552. The van der Waals surface area contributed by atoms with E-state index in [1.165, 1.54) is 4.90 Å². The molecule has 104 valence electrons. The Kier molecular flexibility index (Phi) is 3.61. The number of likely N-dealkylation sites (tertiary alicyclic amines) is 1. The minimum Gasteiger partial charge on any atom is -0.481 e. The molecule has 0 saturated carbocycles. The van der Waals surface area contributed by atoms with Gasteiger partial charge in [0.1, 0.15) is 0 Å². The largest absolute Gasteiger partial charge is 0.481 e. The van der Waals surface area contributed by atoms with Crippen molar-refractivity contribution in [1.29, 1.82) is 0 Å². The third-order valence-corrected chi connectivity index (χ3v) is 4.00. The first kappa shape index (κ1) is 13.6. The number of carbonyl (C=O) groups is 2. The number of carboxylic acids is 1. The van der Waals surface area contributed by atoms with Gasteiger partial charge in [0, 0.05) is 24.2 Å². The number of aromatic amines is 1. The lowest BCUT2D eigenvalue weighted by Crippen LogP contribution is -2.40. The van der Waals surface area contributed by atoms with E-state index >= 15 is 0 Å². The zero-order valence-electron chi connectivity index (χ0n) is 10.4. The van der Waals surface area contributed by atoms with Crippen molar-refractivity contribution in [3.8, 4) is 0 Å². The predicted molar refractivity (Wildman–Crippen MR) is 69.1 cm³/mol. The second kappa shape index (κ2) is 5.04. The van der Waals surface area contributed by atoms with Gasteiger partial charge in [-0.1, -0.05) is 11.3 Å². The minimum absolute atomic E-state index is 0.163. The second-order valence-electron chi connectivity index (χ2n) is 4.87. The number of carbonyl (C=O) groups excluding carboxylic acids is 1. The number of aromatic nitrogens is 1. The van der Waals surface area contributed by atoms with Crippen molar-refractivity contribution in [3.05, 3.63) is 20.7 Å². The minimum atomic E-state index is -0.884. The van der Waals surface area contributed by atoms with Crippen LogP contribution in [0.2, 0.25) is 0 Å². The first-order valence-electron chi connectivity index (χ1n) is 5.83. The molecule has 1 aliphatic heterocycles. The average molecular weight is 285 g/mol. The molecule has 8 heteroatoms. The molecule has 1 aromatic rings. The van der Waals surface area contributed by atoms with Gasteiger partial charge in [-0.25, -0.2) is 4.79 Å². The number of H-pyrrole nitrogens is 1. The molecule has 1 fully saturated rings. The molecule has 7 nitrogen and oxygen atoms in total. The summed E-state index contributed by atoms with van der Waals surface area (Å²) < 4.78 is 0. The van der Waals surface area contributed by atoms with Gasteiger partial charge in [-0.15, -0.1) is 0 Å². The molecule has 1 saturated heterocycles. The number of nitrogens with zero attached hydrogens (tertiary/aromatic N) is 1. The van der Waals surface area contributed by atoms with Crippen LogP contribution in [0.15, 0.2) is 10.2 Å². The number of carboxylic acid groups (broad SMARTS) is 1. The molecule has 0 aromatic carbocycles. The number of hydrogen-bond donors (Lipinski definition) is 3. The van der Waals surface area contributed by atoms with Crippen molar-refractivity contribution in [2.24, 2.45) is 5.41 Å². The maximum atomic E-state index is 11.9. The number of amides is 2. The van der Waals surface area contributed by atoms with E-state index in [0.29, 0.717) is 18.7 Å². The van der Waals surface area contributed by atoms with Crippen molar-refractivity contribution in [3.63, 3.8) is 0 Å². The molecule has 1 aromatic heterocycles. The molecule has 2 amide bonds. The summed E-state index contributed by atoms with van der Waals surface area (Å²) in [6, 6.07) is -0.308. The summed E-state index contributed by atoms with van der Waals surface area (Å²) in [5, 5.41) is 13.4.